The summed E-state index contributed by atoms with van der Waals surface area (Å²) in [6.07, 6.45) is 2.12. The van der Waals surface area contributed by atoms with Gasteiger partial charge in [0.25, 0.3) is 0 Å². The first-order chi connectivity index (χ1) is 4.33. The van der Waals surface area contributed by atoms with Gasteiger partial charge in [-0.05, 0) is 0 Å². The van der Waals surface area contributed by atoms with Gasteiger partial charge in [-0.3, -0.25) is 0 Å². The molecular formula is C6H13N2O+. The molecule has 1 rings (SSSR count). The number of rotatable bonds is 2. The van der Waals surface area contributed by atoms with E-state index in [9.17, 15) is 0 Å². The number of nitrogens with zero attached hydrogens (tertiary/aromatic N) is 2. The molecule has 0 fully saturated rings. The Morgan fingerprint density at radius 2 is 2.56 bits per heavy atom. The summed E-state index contributed by atoms with van der Waals surface area (Å²) < 4.78 is 2.12. The van der Waals surface area contributed by atoms with Crippen molar-refractivity contribution in [3.8, 4) is 0 Å². The third kappa shape index (κ3) is 1.77. The second-order valence-corrected chi connectivity index (χ2v) is 2.38. The van der Waals surface area contributed by atoms with Crippen molar-refractivity contribution >= 4 is 6.21 Å². The second-order valence-electron chi connectivity index (χ2n) is 2.38. The summed E-state index contributed by atoms with van der Waals surface area (Å²) >= 11 is 0. The highest BCUT2D eigenvalue weighted by Crippen LogP contribution is 1.90. The molecule has 9 heavy (non-hydrogen) atoms. The van der Waals surface area contributed by atoms with E-state index in [0.29, 0.717) is 0 Å². The van der Waals surface area contributed by atoms with E-state index in [2.05, 4.69) is 15.7 Å². The van der Waals surface area contributed by atoms with Crippen LogP contribution in [-0.4, -0.2) is 54.2 Å². The van der Waals surface area contributed by atoms with Gasteiger partial charge in [-0.15, -0.1) is 0 Å². The molecule has 0 saturated carbocycles. The van der Waals surface area contributed by atoms with Gasteiger partial charge in [-0.25, -0.2) is 9.48 Å². The summed E-state index contributed by atoms with van der Waals surface area (Å²) in [4.78, 5) is 2.18. The lowest BCUT2D eigenvalue weighted by Gasteiger charge is -2.06. The molecule has 1 aliphatic rings. The van der Waals surface area contributed by atoms with E-state index in [1.807, 2.05) is 7.05 Å². The molecule has 0 aromatic heterocycles. The monoisotopic (exact) mass is 129 g/mol. The topological polar surface area (TPSA) is 26.5 Å². The first-order valence-corrected chi connectivity index (χ1v) is 3.19. The fourth-order valence-electron chi connectivity index (χ4n) is 0.989. The van der Waals surface area contributed by atoms with E-state index in [1.165, 1.54) is 0 Å². The molecule has 3 nitrogen and oxygen atoms in total. The Morgan fingerprint density at radius 3 is 3.00 bits per heavy atom. The van der Waals surface area contributed by atoms with Crippen molar-refractivity contribution in [1.82, 2.24) is 4.90 Å². The van der Waals surface area contributed by atoms with Crippen LogP contribution in [0.1, 0.15) is 0 Å². The van der Waals surface area contributed by atoms with Gasteiger partial charge in [0.1, 0.15) is 7.05 Å². The Bertz CT molecular complexity index is 122. The number of aliphatic hydroxyl groups is 1. The van der Waals surface area contributed by atoms with E-state index in [1.54, 1.807) is 0 Å². The molecule has 1 aliphatic heterocycles. The first kappa shape index (κ1) is 6.71. The normalized spacial score (nSPS) is 20.4. The smallest absolute Gasteiger partial charge is 0.199 e. The molecule has 0 unspecified atom stereocenters. The maximum atomic E-state index is 8.54. The Balaban J connectivity index is 2.21. The maximum Gasteiger partial charge on any atom is 0.199 e. The van der Waals surface area contributed by atoms with Gasteiger partial charge in [0.05, 0.1) is 13.2 Å². The van der Waals surface area contributed by atoms with Crippen LogP contribution in [0.15, 0.2) is 0 Å². The third-order valence-electron chi connectivity index (χ3n) is 1.49. The summed E-state index contributed by atoms with van der Waals surface area (Å²) in [5.41, 5.74) is 0. The lowest BCUT2D eigenvalue weighted by Crippen LogP contribution is -2.26. The predicted molar refractivity (Wildman–Crippen MR) is 35.8 cm³/mol. The Labute approximate surface area is 55.2 Å². The van der Waals surface area contributed by atoms with Crippen LogP contribution in [0.25, 0.3) is 0 Å². The number of aliphatic hydroxyl groups excluding tert-OH is 1. The molecule has 0 amide bonds. The number of hydrogen-bond acceptors (Lipinski definition) is 2. The molecule has 0 radical (unpaired) electrons. The van der Waals surface area contributed by atoms with Crippen molar-refractivity contribution in [3.05, 3.63) is 0 Å². The van der Waals surface area contributed by atoms with Crippen molar-refractivity contribution in [1.29, 1.82) is 0 Å². The lowest BCUT2D eigenvalue weighted by atomic mass is 10.6. The highest BCUT2D eigenvalue weighted by Gasteiger charge is 2.14. The van der Waals surface area contributed by atoms with E-state index in [4.69, 9.17) is 5.11 Å². The Morgan fingerprint density at radius 1 is 1.78 bits per heavy atom. The van der Waals surface area contributed by atoms with Gasteiger partial charge in [-0.2, -0.15) is 0 Å². The summed E-state index contributed by atoms with van der Waals surface area (Å²) in [5.74, 6) is 0. The average molecular weight is 129 g/mol. The maximum absolute atomic E-state index is 8.54. The SMILES string of the molecule is C[N+]1=CCN(CCO)C1. The van der Waals surface area contributed by atoms with Crippen molar-refractivity contribution in [2.45, 2.75) is 0 Å². The molecule has 52 valence electrons. The zero-order chi connectivity index (χ0) is 6.69. The molecule has 1 N–H and O–H groups in total. The second kappa shape index (κ2) is 2.94. The third-order valence-corrected chi connectivity index (χ3v) is 1.49. The van der Waals surface area contributed by atoms with Crippen LogP contribution >= 0.6 is 0 Å². The van der Waals surface area contributed by atoms with Crippen LogP contribution < -0.4 is 0 Å². The fraction of sp³-hybridized carbons (Fsp3) is 0.833. The van der Waals surface area contributed by atoms with Crippen LogP contribution in [0.2, 0.25) is 0 Å². The first-order valence-electron chi connectivity index (χ1n) is 3.19. The summed E-state index contributed by atoms with van der Waals surface area (Å²) in [6, 6.07) is 0. The largest absolute Gasteiger partial charge is 0.395 e. The van der Waals surface area contributed by atoms with E-state index in [0.717, 1.165) is 19.8 Å². The molecule has 0 aromatic carbocycles. The quantitative estimate of drug-likeness (QED) is 0.482. The molecule has 3 heteroatoms. The molecule has 1 heterocycles. The number of β-amino-alcohol motifs (C(OH)–C–C–N with tert-alkyl or cyclic N) is 1. The van der Waals surface area contributed by atoms with E-state index < -0.39 is 0 Å². The van der Waals surface area contributed by atoms with Crippen LogP contribution in [0.3, 0.4) is 0 Å². The summed E-state index contributed by atoms with van der Waals surface area (Å²) in [6.45, 7) is 3.00. The molecule has 0 spiro atoms. The van der Waals surface area contributed by atoms with Crippen molar-refractivity contribution < 1.29 is 9.68 Å². The Hall–Kier alpha value is -0.410. The molecule has 0 saturated heterocycles. The highest BCUT2D eigenvalue weighted by atomic mass is 16.3. The zero-order valence-corrected chi connectivity index (χ0v) is 5.75. The van der Waals surface area contributed by atoms with Gasteiger partial charge in [-0.1, -0.05) is 0 Å². The molecule has 0 aliphatic carbocycles. The standard InChI is InChI=1S/C6H13N2O/c1-7-2-3-8(6-7)4-5-9/h2,9H,3-6H2,1H3/q+1. The van der Waals surface area contributed by atoms with Crippen LogP contribution in [-0.2, 0) is 0 Å². The summed E-state index contributed by atoms with van der Waals surface area (Å²) in [5, 5.41) is 8.54. The lowest BCUT2D eigenvalue weighted by molar-refractivity contribution is -0.502. The van der Waals surface area contributed by atoms with Crippen LogP contribution in [0.4, 0.5) is 0 Å². The van der Waals surface area contributed by atoms with Crippen LogP contribution in [0, 0.1) is 0 Å². The fourth-order valence-corrected chi connectivity index (χ4v) is 0.989. The van der Waals surface area contributed by atoms with Gasteiger partial charge in [0.15, 0.2) is 12.9 Å². The van der Waals surface area contributed by atoms with Gasteiger partial charge in [0.2, 0.25) is 0 Å². The minimum atomic E-state index is 0.266. The molecule has 0 bridgehead atoms. The zero-order valence-electron chi connectivity index (χ0n) is 5.75. The van der Waals surface area contributed by atoms with Crippen molar-refractivity contribution in [2.75, 3.05) is 33.4 Å². The minimum absolute atomic E-state index is 0.266. The predicted octanol–water partition coefficient (Wildman–Crippen LogP) is -1.04. The van der Waals surface area contributed by atoms with E-state index >= 15 is 0 Å². The molecule has 0 atom stereocenters. The van der Waals surface area contributed by atoms with Gasteiger partial charge in [0, 0.05) is 6.54 Å². The molecule has 0 aromatic rings. The van der Waals surface area contributed by atoms with Gasteiger partial charge >= 0.3 is 0 Å². The minimum Gasteiger partial charge on any atom is -0.395 e. The van der Waals surface area contributed by atoms with Crippen molar-refractivity contribution in [3.63, 3.8) is 0 Å². The van der Waals surface area contributed by atoms with E-state index in [-0.39, 0.29) is 6.61 Å². The average Bonchev–Trinajstić information content (AvgIpc) is 2.17. The Kier molecular flexibility index (Phi) is 2.19. The van der Waals surface area contributed by atoms with Crippen LogP contribution in [0.5, 0.6) is 0 Å². The number of hydrogen-bond donors (Lipinski definition) is 1. The van der Waals surface area contributed by atoms with Gasteiger partial charge < -0.3 is 5.11 Å². The van der Waals surface area contributed by atoms with Crippen molar-refractivity contribution in [2.24, 2.45) is 0 Å². The summed E-state index contributed by atoms with van der Waals surface area (Å²) in [7, 11) is 2.04. The molecular weight excluding hydrogens is 116 g/mol. The highest BCUT2D eigenvalue weighted by molar-refractivity contribution is 5.54.